The van der Waals surface area contributed by atoms with Gasteiger partial charge in [0.05, 0.1) is 34.3 Å². The van der Waals surface area contributed by atoms with Gasteiger partial charge in [-0.1, -0.05) is 41.2 Å². The average molecular weight is 449 g/mol. The molecule has 31 heavy (non-hydrogen) atoms. The van der Waals surface area contributed by atoms with Crippen LogP contribution < -0.4 is 10.3 Å². The van der Waals surface area contributed by atoms with E-state index in [4.69, 9.17) is 14.2 Å². The molecular weight excluding hydrogens is 432 g/mol. The summed E-state index contributed by atoms with van der Waals surface area (Å²) in [5.74, 6) is 2.06. The van der Waals surface area contributed by atoms with Crippen molar-refractivity contribution < 1.29 is 9.26 Å². The van der Waals surface area contributed by atoms with Crippen molar-refractivity contribution >= 4 is 34.0 Å². The first-order valence-corrected chi connectivity index (χ1v) is 11.2. The molecule has 9 heteroatoms. The largest absolute Gasteiger partial charge is 0.497 e. The van der Waals surface area contributed by atoms with Gasteiger partial charge in [0.1, 0.15) is 5.75 Å². The van der Waals surface area contributed by atoms with Gasteiger partial charge in [-0.05, 0) is 35.7 Å². The molecule has 0 unspecified atom stereocenters. The molecule has 0 atom stereocenters. The monoisotopic (exact) mass is 448 g/mol. The standard InChI is InChI=1S/C22H16N4O3S2/c1-28-15-7-4-6-14(12-15)26-21(27)16-8-2-3-9-17(16)23-22(26)31-13-19-24-20(25-29-19)18-10-5-11-30-18/h2-12H,13H2,1H3. The van der Waals surface area contributed by atoms with Gasteiger partial charge in [-0.3, -0.25) is 9.36 Å². The average Bonchev–Trinajstić information content (AvgIpc) is 3.50. The van der Waals surface area contributed by atoms with Gasteiger partial charge >= 0.3 is 0 Å². The Bertz CT molecular complexity index is 1410. The fourth-order valence-corrected chi connectivity index (χ4v) is 4.63. The Morgan fingerprint density at radius 1 is 1.10 bits per heavy atom. The van der Waals surface area contributed by atoms with Crippen LogP contribution in [0.2, 0.25) is 0 Å². The van der Waals surface area contributed by atoms with E-state index in [0.29, 0.717) is 45.0 Å². The molecule has 3 aromatic heterocycles. The summed E-state index contributed by atoms with van der Waals surface area (Å²) in [6.07, 6.45) is 0. The molecule has 0 aliphatic carbocycles. The molecule has 0 aliphatic rings. The second kappa shape index (κ2) is 8.37. The number of thioether (sulfide) groups is 1. The lowest BCUT2D eigenvalue weighted by molar-refractivity contribution is 0.391. The second-order valence-corrected chi connectivity index (χ2v) is 8.42. The number of methoxy groups -OCH3 is 1. The number of fused-ring (bicyclic) bond motifs is 1. The maximum Gasteiger partial charge on any atom is 0.266 e. The number of benzene rings is 2. The van der Waals surface area contributed by atoms with E-state index in [0.717, 1.165) is 4.88 Å². The summed E-state index contributed by atoms with van der Waals surface area (Å²) in [5, 5.41) is 7.10. The number of para-hydroxylation sites is 1. The van der Waals surface area contributed by atoms with E-state index in [1.54, 1.807) is 29.1 Å². The third-order valence-corrected chi connectivity index (χ3v) is 6.38. The zero-order valence-corrected chi connectivity index (χ0v) is 18.0. The molecule has 5 aromatic rings. The molecule has 7 nitrogen and oxygen atoms in total. The summed E-state index contributed by atoms with van der Waals surface area (Å²) in [7, 11) is 1.59. The third-order valence-electron chi connectivity index (χ3n) is 4.59. The molecule has 0 amide bonds. The highest BCUT2D eigenvalue weighted by molar-refractivity contribution is 7.98. The van der Waals surface area contributed by atoms with Gasteiger partial charge in [0.15, 0.2) is 5.16 Å². The lowest BCUT2D eigenvalue weighted by atomic mass is 10.2. The van der Waals surface area contributed by atoms with Crippen molar-refractivity contribution in [1.29, 1.82) is 0 Å². The Balaban J connectivity index is 1.55. The molecular formula is C22H16N4O3S2. The van der Waals surface area contributed by atoms with Crippen molar-refractivity contribution in [3.05, 3.63) is 82.3 Å². The van der Waals surface area contributed by atoms with Gasteiger partial charge in [-0.15, -0.1) is 11.3 Å². The Kier molecular flexibility index (Phi) is 5.27. The zero-order chi connectivity index (χ0) is 21.2. The molecule has 2 aromatic carbocycles. The Morgan fingerprint density at radius 3 is 2.84 bits per heavy atom. The number of ether oxygens (including phenoxy) is 1. The van der Waals surface area contributed by atoms with Crippen LogP contribution in [-0.2, 0) is 5.75 Å². The van der Waals surface area contributed by atoms with Gasteiger partial charge < -0.3 is 9.26 Å². The predicted octanol–water partition coefficient (Wildman–Crippen LogP) is 4.80. The van der Waals surface area contributed by atoms with E-state index in [1.807, 2.05) is 60.0 Å². The van der Waals surface area contributed by atoms with E-state index in [1.165, 1.54) is 11.8 Å². The van der Waals surface area contributed by atoms with E-state index in [9.17, 15) is 4.79 Å². The number of rotatable bonds is 6. The van der Waals surface area contributed by atoms with Crippen LogP contribution in [0.1, 0.15) is 5.89 Å². The molecule has 0 fully saturated rings. The highest BCUT2D eigenvalue weighted by Crippen LogP contribution is 2.27. The summed E-state index contributed by atoms with van der Waals surface area (Å²) in [5.41, 5.74) is 1.17. The fraction of sp³-hybridized carbons (Fsp3) is 0.0909. The van der Waals surface area contributed by atoms with Crippen LogP contribution >= 0.6 is 23.1 Å². The minimum atomic E-state index is -0.147. The van der Waals surface area contributed by atoms with Crippen LogP contribution in [0.3, 0.4) is 0 Å². The van der Waals surface area contributed by atoms with Crippen molar-refractivity contribution in [3.8, 4) is 22.1 Å². The van der Waals surface area contributed by atoms with E-state index in [2.05, 4.69) is 10.1 Å². The topological polar surface area (TPSA) is 83.0 Å². The maximum atomic E-state index is 13.3. The first kappa shape index (κ1) is 19.5. The second-order valence-electron chi connectivity index (χ2n) is 6.53. The summed E-state index contributed by atoms with van der Waals surface area (Å²) in [4.78, 5) is 23.5. The third kappa shape index (κ3) is 3.85. The quantitative estimate of drug-likeness (QED) is 0.273. The van der Waals surface area contributed by atoms with Gasteiger partial charge in [-0.2, -0.15) is 4.98 Å². The molecule has 0 saturated carbocycles. The first-order chi connectivity index (χ1) is 15.2. The van der Waals surface area contributed by atoms with Gasteiger partial charge in [-0.25, -0.2) is 4.98 Å². The molecule has 0 bridgehead atoms. The van der Waals surface area contributed by atoms with Crippen molar-refractivity contribution in [3.63, 3.8) is 0 Å². The minimum Gasteiger partial charge on any atom is -0.497 e. The SMILES string of the molecule is COc1cccc(-n2c(SCc3nc(-c4cccs4)no3)nc3ccccc3c2=O)c1. The Morgan fingerprint density at radius 2 is 2.00 bits per heavy atom. The minimum absolute atomic E-state index is 0.147. The van der Waals surface area contributed by atoms with Crippen LogP contribution in [0, 0.1) is 0 Å². The highest BCUT2D eigenvalue weighted by atomic mass is 32.2. The summed E-state index contributed by atoms with van der Waals surface area (Å²) in [6.45, 7) is 0. The number of aromatic nitrogens is 4. The zero-order valence-electron chi connectivity index (χ0n) is 16.4. The molecule has 0 aliphatic heterocycles. The summed E-state index contributed by atoms with van der Waals surface area (Å²) in [6, 6.07) is 18.5. The molecule has 0 spiro atoms. The molecule has 5 rings (SSSR count). The number of hydrogen-bond acceptors (Lipinski definition) is 8. The lowest BCUT2D eigenvalue weighted by Gasteiger charge is -2.13. The van der Waals surface area contributed by atoms with E-state index >= 15 is 0 Å². The van der Waals surface area contributed by atoms with Crippen LogP contribution in [0.25, 0.3) is 27.3 Å². The molecule has 3 heterocycles. The van der Waals surface area contributed by atoms with E-state index in [-0.39, 0.29) is 5.56 Å². The first-order valence-electron chi connectivity index (χ1n) is 9.38. The van der Waals surface area contributed by atoms with Crippen molar-refractivity contribution in [2.24, 2.45) is 0 Å². The van der Waals surface area contributed by atoms with Gasteiger partial charge in [0, 0.05) is 6.07 Å². The van der Waals surface area contributed by atoms with Crippen LogP contribution in [0.4, 0.5) is 0 Å². The van der Waals surface area contributed by atoms with E-state index < -0.39 is 0 Å². The fourth-order valence-electron chi connectivity index (χ4n) is 3.13. The van der Waals surface area contributed by atoms with Crippen molar-refractivity contribution in [2.75, 3.05) is 7.11 Å². The van der Waals surface area contributed by atoms with Crippen molar-refractivity contribution in [1.82, 2.24) is 19.7 Å². The van der Waals surface area contributed by atoms with Crippen LogP contribution in [0.5, 0.6) is 5.75 Å². The Labute approximate surface area is 185 Å². The maximum absolute atomic E-state index is 13.3. The normalized spacial score (nSPS) is 11.1. The van der Waals surface area contributed by atoms with Crippen molar-refractivity contribution in [2.45, 2.75) is 10.9 Å². The summed E-state index contributed by atoms with van der Waals surface area (Å²) < 4.78 is 12.3. The number of thiophene rings is 1. The van der Waals surface area contributed by atoms with Crippen LogP contribution in [0.15, 0.2) is 80.5 Å². The molecule has 0 radical (unpaired) electrons. The molecule has 154 valence electrons. The molecule has 0 saturated heterocycles. The highest BCUT2D eigenvalue weighted by Gasteiger charge is 2.16. The number of nitrogens with zero attached hydrogens (tertiary/aromatic N) is 4. The smallest absolute Gasteiger partial charge is 0.266 e. The molecule has 0 N–H and O–H groups in total. The lowest BCUT2D eigenvalue weighted by Crippen LogP contribution is -2.21. The van der Waals surface area contributed by atoms with Gasteiger partial charge in [0.25, 0.3) is 5.56 Å². The number of hydrogen-bond donors (Lipinski definition) is 0. The predicted molar refractivity (Wildman–Crippen MR) is 121 cm³/mol. The summed E-state index contributed by atoms with van der Waals surface area (Å²) >= 11 is 2.92. The van der Waals surface area contributed by atoms with Gasteiger partial charge in [0.2, 0.25) is 11.7 Å². The van der Waals surface area contributed by atoms with Crippen LogP contribution in [-0.4, -0.2) is 26.8 Å². The Hall–Kier alpha value is -3.43.